The Morgan fingerprint density at radius 3 is 2.37 bits per heavy atom. The number of esters is 1. The summed E-state index contributed by atoms with van der Waals surface area (Å²) in [5.74, 6) is 1.25. The lowest BCUT2D eigenvalue weighted by atomic mass is 10.1. The van der Waals surface area contributed by atoms with Crippen LogP contribution in [0.4, 0.5) is 0 Å². The quantitative estimate of drug-likeness (QED) is 0.601. The third-order valence-corrected chi connectivity index (χ3v) is 6.15. The molecule has 8 heteroatoms. The zero-order chi connectivity index (χ0) is 21.5. The van der Waals surface area contributed by atoms with Crippen LogP contribution in [-0.2, 0) is 14.3 Å². The molecule has 1 saturated carbocycles. The first-order chi connectivity index (χ1) is 14.5. The van der Waals surface area contributed by atoms with Gasteiger partial charge in [0.1, 0.15) is 17.9 Å². The predicted octanol–water partition coefficient (Wildman–Crippen LogP) is 2.49. The van der Waals surface area contributed by atoms with E-state index in [0.29, 0.717) is 23.6 Å². The highest BCUT2D eigenvalue weighted by Crippen LogP contribution is 2.32. The van der Waals surface area contributed by atoms with Crippen molar-refractivity contribution < 1.29 is 23.9 Å². The molecule has 1 heterocycles. The summed E-state index contributed by atoms with van der Waals surface area (Å²) in [5.41, 5.74) is 0.463. The van der Waals surface area contributed by atoms with Crippen molar-refractivity contribution in [3.63, 3.8) is 0 Å². The molecule has 1 aliphatic heterocycles. The summed E-state index contributed by atoms with van der Waals surface area (Å²) in [7, 11) is 1.32. The summed E-state index contributed by atoms with van der Waals surface area (Å²) < 4.78 is 10.8. The van der Waals surface area contributed by atoms with Gasteiger partial charge in [0.15, 0.2) is 0 Å². The summed E-state index contributed by atoms with van der Waals surface area (Å²) in [4.78, 5) is 38.5. The molecule has 164 valence electrons. The Kier molecular flexibility index (Phi) is 8.01. The second-order valence-corrected chi connectivity index (χ2v) is 8.76. The number of carbonyl (C=O) groups is 3. The Balaban J connectivity index is 1.48. The van der Waals surface area contributed by atoms with E-state index < -0.39 is 12.0 Å². The van der Waals surface area contributed by atoms with Crippen LogP contribution in [0, 0.1) is 5.92 Å². The van der Waals surface area contributed by atoms with E-state index in [1.165, 1.54) is 7.11 Å². The van der Waals surface area contributed by atoms with Crippen molar-refractivity contribution in [1.82, 2.24) is 10.2 Å². The summed E-state index contributed by atoms with van der Waals surface area (Å²) >= 11 is 1.61. The van der Waals surface area contributed by atoms with Gasteiger partial charge in [-0.1, -0.05) is 0 Å². The average molecular weight is 435 g/mol. The number of hydrogen-bond acceptors (Lipinski definition) is 6. The van der Waals surface area contributed by atoms with Gasteiger partial charge >= 0.3 is 5.97 Å². The molecule has 1 aliphatic carbocycles. The van der Waals surface area contributed by atoms with E-state index in [9.17, 15) is 14.4 Å². The molecule has 0 aromatic heterocycles. The molecule has 1 aromatic carbocycles. The Bertz CT molecular complexity index is 742. The molecule has 3 rings (SSSR count). The van der Waals surface area contributed by atoms with Crippen molar-refractivity contribution in [3.8, 4) is 5.75 Å². The monoisotopic (exact) mass is 434 g/mol. The second-order valence-electron chi connectivity index (χ2n) is 7.77. The van der Waals surface area contributed by atoms with Gasteiger partial charge < -0.3 is 19.7 Å². The normalized spacial score (nSPS) is 17.9. The fraction of sp³-hybridized carbons (Fsp3) is 0.591. The standard InChI is InChI=1S/C22H30N2O5S/c1-28-22(27)19(11-14-30-2)23-20(25)15-5-7-17(8-6-15)29-18-9-12-24(13-10-18)21(26)16-3-4-16/h5-8,16,18-19H,3-4,9-14H2,1-2H3,(H,23,25). The van der Waals surface area contributed by atoms with E-state index in [1.807, 2.05) is 11.2 Å². The average Bonchev–Trinajstić information content (AvgIpc) is 3.62. The highest BCUT2D eigenvalue weighted by molar-refractivity contribution is 7.98. The second kappa shape index (κ2) is 10.7. The minimum Gasteiger partial charge on any atom is -0.490 e. The lowest BCUT2D eigenvalue weighted by Crippen LogP contribution is -2.42. The Morgan fingerprint density at radius 1 is 1.13 bits per heavy atom. The fourth-order valence-corrected chi connectivity index (χ4v) is 4.00. The number of amides is 2. The largest absolute Gasteiger partial charge is 0.490 e. The van der Waals surface area contributed by atoms with Crippen LogP contribution in [0.1, 0.15) is 42.5 Å². The van der Waals surface area contributed by atoms with Gasteiger partial charge in [-0.2, -0.15) is 11.8 Å². The number of rotatable bonds is 9. The first-order valence-electron chi connectivity index (χ1n) is 10.4. The van der Waals surface area contributed by atoms with E-state index in [4.69, 9.17) is 9.47 Å². The first-order valence-corrected chi connectivity index (χ1v) is 11.8. The van der Waals surface area contributed by atoms with Gasteiger partial charge in [0.2, 0.25) is 5.91 Å². The number of ether oxygens (including phenoxy) is 2. The predicted molar refractivity (Wildman–Crippen MR) is 116 cm³/mol. The number of nitrogens with zero attached hydrogens (tertiary/aromatic N) is 1. The zero-order valence-corrected chi connectivity index (χ0v) is 18.4. The van der Waals surface area contributed by atoms with E-state index in [2.05, 4.69) is 5.32 Å². The highest BCUT2D eigenvalue weighted by atomic mass is 32.2. The van der Waals surface area contributed by atoms with Crippen LogP contribution in [0.5, 0.6) is 5.75 Å². The molecule has 2 fully saturated rings. The molecule has 30 heavy (non-hydrogen) atoms. The number of piperidine rings is 1. The van der Waals surface area contributed by atoms with Crippen LogP contribution >= 0.6 is 11.8 Å². The first kappa shape index (κ1) is 22.5. The molecule has 0 radical (unpaired) electrons. The van der Waals surface area contributed by atoms with Gasteiger partial charge in [0, 0.05) is 37.4 Å². The molecule has 7 nitrogen and oxygen atoms in total. The molecular formula is C22H30N2O5S. The van der Waals surface area contributed by atoms with Crippen molar-refractivity contribution >= 4 is 29.5 Å². The van der Waals surface area contributed by atoms with Crippen molar-refractivity contribution in [2.75, 3.05) is 32.2 Å². The van der Waals surface area contributed by atoms with Gasteiger partial charge in [-0.05, 0) is 55.5 Å². The van der Waals surface area contributed by atoms with Gasteiger partial charge in [-0.3, -0.25) is 9.59 Å². The van der Waals surface area contributed by atoms with Crippen LogP contribution < -0.4 is 10.1 Å². The van der Waals surface area contributed by atoms with Crippen LogP contribution in [0.25, 0.3) is 0 Å². The van der Waals surface area contributed by atoms with Gasteiger partial charge in [-0.15, -0.1) is 0 Å². The van der Waals surface area contributed by atoms with Gasteiger partial charge in [-0.25, -0.2) is 4.79 Å². The van der Waals surface area contributed by atoms with Crippen LogP contribution in [0.3, 0.4) is 0 Å². The van der Waals surface area contributed by atoms with E-state index in [1.54, 1.807) is 36.0 Å². The highest BCUT2D eigenvalue weighted by Gasteiger charge is 2.35. The number of benzene rings is 1. The van der Waals surface area contributed by atoms with E-state index in [0.717, 1.165) is 44.5 Å². The third-order valence-electron chi connectivity index (χ3n) is 5.50. The van der Waals surface area contributed by atoms with E-state index >= 15 is 0 Å². The summed E-state index contributed by atoms with van der Waals surface area (Å²) in [6, 6.07) is 6.27. The number of thioether (sulfide) groups is 1. The maximum absolute atomic E-state index is 12.5. The molecule has 1 atom stereocenters. The van der Waals surface area contributed by atoms with Gasteiger partial charge in [0.25, 0.3) is 5.91 Å². The van der Waals surface area contributed by atoms with Crippen LogP contribution in [-0.4, -0.2) is 67.0 Å². The number of nitrogens with one attached hydrogen (secondary N) is 1. The van der Waals surface area contributed by atoms with Crippen LogP contribution in [0.15, 0.2) is 24.3 Å². The minimum absolute atomic E-state index is 0.0724. The lowest BCUT2D eigenvalue weighted by molar-refractivity contribution is -0.143. The maximum Gasteiger partial charge on any atom is 0.328 e. The summed E-state index contributed by atoms with van der Waals surface area (Å²) in [6.45, 7) is 1.48. The zero-order valence-electron chi connectivity index (χ0n) is 17.6. The molecular weight excluding hydrogens is 404 g/mol. The Hall–Kier alpha value is -2.22. The molecule has 2 amide bonds. The molecule has 0 bridgehead atoms. The third kappa shape index (κ3) is 6.14. The van der Waals surface area contributed by atoms with Crippen molar-refractivity contribution in [1.29, 1.82) is 0 Å². The minimum atomic E-state index is -0.658. The lowest BCUT2D eigenvalue weighted by Gasteiger charge is -2.32. The van der Waals surface area contributed by atoms with Crippen LogP contribution in [0.2, 0.25) is 0 Å². The molecule has 1 N–H and O–H groups in total. The topological polar surface area (TPSA) is 84.9 Å². The molecule has 1 saturated heterocycles. The van der Waals surface area contributed by atoms with Crippen molar-refractivity contribution in [2.45, 2.75) is 44.2 Å². The maximum atomic E-state index is 12.5. The number of methoxy groups -OCH3 is 1. The molecule has 2 aliphatic rings. The van der Waals surface area contributed by atoms with Crippen molar-refractivity contribution in [2.24, 2.45) is 5.92 Å². The summed E-state index contributed by atoms with van der Waals surface area (Å²) in [5, 5.41) is 2.74. The Morgan fingerprint density at radius 2 is 1.80 bits per heavy atom. The molecule has 1 unspecified atom stereocenters. The van der Waals surface area contributed by atoms with Crippen molar-refractivity contribution in [3.05, 3.63) is 29.8 Å². The molecule has 1 aromatic rings. The van der Waals surface area contributed by atoms with E-state index in [-0.39, 0.29) is 17.9 Å². The molecule has 0 spiro atoms. The summed E-state index contributed by atoms with van der Waals surface area (Å²) in [6.07, 6.45) is 6.24. The SMILES string of the molecule is COC(=O)C(CCSC)NC(=O)c1ccc(OC2CCN(C(=O)C3CC3)CC2)cc1. The Labute approximate surface area is 181 Å². The number of carbonyl (C=O) groups excluding carboxylic acids is 3. The van der Waals surface area contributed by atoms with Gasteiger partial charge in [0.05, 0.1) is 7.11 Å². The fourth-order valence-electron chi connectivity index (χ4n) is 3.53. The number of hydrogen-bond donors (Lipinski definition) is 1. The number of likely N-dealkylation sites (tertiary alicyclic amines) is 1. The smallest absolute Gasteiger partial charge is 0.328 e.